The molecule has 2 nitrogen and oxygen atoms in total. The largest absolute Gasteiger partial charge is 0.399 e. The summed E-state index contributed by atoms with van der Waals surface area (Å²) in [6, 6.07) is 9.52. The molecule has 5 heteroatoms. The van der Waals surface area contributed by atoms with Crippen LogP contribution >= 0.6 is 31.9 Å². The molecule has 2 rings (SSSR count). The highest BCUT2D eigenvalue weighted by Crippen LogP contribution is 2.23. The number of rotatable bonds is 3. The average molecular weight is 387 g/mol. The number of benzene rings is 2. The summed E-state index contributed by atoms with van der Waals surface area (Å²) in [4.78, 5) is 12.2. The summed E-state index contributed by atoms with van der Waals surface area (Å²) in [7, 11) is 0. The minimum atomic E-state index is -0.392. The van der Waals surface area contributed by atoms with E-state index in [0.717, 1.165) is 4.47 Å². The zero-order chi connectivity index (χ0) is 14.0. The Morgan fingerprint density at radius 2 is 1.89 bits per heavy atom. The number of anilines is 1. The highest BCUT2D eigenvalue weighted by atomic mass is 79.9. The fourth-order valence-electron chi connectivity index (χ4n) is 1.70. The van der Waals surface area contributed by atoms with Crippen LogP contribution in [0.15, 0.2) is 45.3 Å². The van der Waals surface area contributed by atoms with Crippen molar-refractivity contribution in [3.05, 3.63) is 62.3 Å². The maximum Gasteiger partial charge on any atom is 0.168 e. The van der Waals surface area contributed by atoms with Crippen molar-refractivity contribution >= 4 is 43.3 Å². The lowest BCUT2D eigenvalue weighted by molar-refractivity contribution is 0.0991. The quantitative estimate of drug-likeness (QED) is 0.629. The Bertz CT molecular complexity index is 643. The monoisotopic (exact) mass is 385 g/mol. The van der Waals surface area contributed by atoms with E-state index in [4.69, 9.17) is 5.73 Å². The smallest absolute Gasteiger partial charge is 0.168 e. The molecule has 0 atom stereocenters. The molecule has 0 aliphatic rings. The van der Waals surface area contributed by atoms with Gasteiger partial charge in [0.05, 0.1) is 0 Å². The fraction of sp³-hybridized carbons (Fsp3) is 0.0714. The van der Waals surface area contributed by atoms with Crippen LogP contribution in [0.4, 0.5) is 10.1 Å². The van der Waals surface area contributed by atoms with Crippen LogP contribution in [0.5, 0.6) is 0 Å². The van der Waals surface area contributed by atoms with Gasteiger partial charge >= 0.3 is 0 Å². The Balaban J connectivity index is 2.30. The lowest BCUT2D eigenvalue weighted by Crippen LogP contribution is -2.07. The van der Waals surface area contributed by atoms with E-state index >= 15 is 0 Å². The lowest BCUT2D eigenvalue weighted by atomic mass is 10.0. The summed E-state index contributed by atoms with van der Waals surface area (Å²) in [6.07, 6.45) is -0.00662. The van der Waals surface area contributed by atoms with Crippen molar-refractivity contribution in [1.29, 1.82) is 0 Å². The zero-order valence-corrected chi connectivity index (χ0v) is 13.0. The van der Waals surface area contributed by atoms with Gasteiger partial charge in [-0.15, -0.1) is 0 Å². The maximum absolute atomic E-state index is 13.6. The summed E-state index contributed by atoms with van der Waals surface area (Å²) < 4.78 is 15.0. The summed E-state index contributed by atoms with van der Waals surface area (Å²) in [6.45, 7) is 0. The number of carbonyl (C=O) groups is 1. The van der Waals surface area contributed by atoms with E-state index in [2.05, 4.69) is 31.9 Å². The van der Waals surface area contributed by atoms with Crippen molar-refractivity contribution < 1.29 is 9.18 Å². The van der Waals surface area contributed by atoms with Gasteiger partial charge in [-0.05, 0) is 42.0 Å². The van der Waals surface area contributed by atoms with Crippen LogP contribution in [0.1, 0.15) is 15.9 Å². The average Bonchev–Trinajstić information content (AvgIpc) is 2.36. The predicted octanol–water partition coefficient (Wildman–Crippen LogP) is 4.36. The Hall–Kier alpha value is -1.20. The molecule has 0 aliphatic heterocycles. The highest BCUT2D eigenvalue weighted by Gasteiger charge is 2.14. The summed E-state index contributed by atoms with van der Waals surface area (Å²) in [5, 5.41) is 0. The third kappa shape index (κ3) is 3.42. The lowest BCUT2D eigenvalue weighted by Gasteiger charge is -2.06. The van der Waals surface area contributed by atoms with Gasteiger partial charge in [-0.3, -0.25) is 4.79 Å². The first kappa shape index (κ1) is 14.2. The van der Waals surface area contributed by atoms with Gasteiger partial charge < -0.3 is 5.73 Å². The molecule has 2 N–H and O–H groups in total. The second kappa shape index (κ2) is 5.84. The van der Waals surface area contributed by atoms with Crippen molar-refractivity contribution in [3.63, 3.8) is 0 Å². The van der Waals surface area contributed by atoms with Crippen LogP contribution in [-0.2, 0) is 6.42 Å². The first-order valence-corrected chi connectivity index (χ1v) is 7.08. The summed E-state index contributed by atoms with van der Waals surface area (Å²) in [5.41, 5.74) is 6.97. The van der Waals surface area contributed by atoms with Gasteiger partial charge in [0.2, 0.25) is 0 Å². The molecule has 0 bridgehead atoms. The number of nitrogens with two attached hydrogens (primary N) is 1. The van der Waals surface area contributed by atoms with Crippen molar-refractivity contribution in [3.8, 4) is 0 Å². The topological polar surface area (TPSA) is 43.1 Å². The fourth-order valence-corrected chi connectivity index (χ4v) is 2.58. The van der Waals surface area contributed by atoms with Gasteiger partial charge in [-0.1, -0.05) is 31.9 Å². The molecular weight excluding hydrogens is 377 g/mol. The number of hydrogen-bond acceptors (Lipinski definition) is 2. The van der Waals surface area contributed by atoms with Crippen molar-refractivity contribution in [1.82, 2.24) is 0 Å². The minimum absolute atomic E-state index is 0.00662. The highest BCUT2D eigenvalue weighted by molar-refractivity contribution is 9.10. The number of carbonyl (C=O) groups excluding carboxylic acids is 1. The normalized spacial score (nSPS) is 10.5. The molecule has 0 unspecified atom stereocenters. The van der Waals surface area contributed by atoms with Crippen molar-refractivity contribution in [2.24, 2.45) is 0 Å². The Morgan fingerprint density at radius 1 is 1.16 bits per heavy atom. The summed E-state index contributed by atoms with van der Waals surface area (Å²) in [5.74, 6) is -0.576. The first-order chi connectivity index (χ1) is 8.97. The second-order valence-corrected chi connectivity index (χ2v) is 5.84. The van der Waals surface area contributed by atoms with Crippen LogP contribution < -0.4 is 5.73 Å². The van der Waals surface area contributed by atoms with Crippen LogP contribution in [0.2, 0.25) is 0 Å². The van der Waals surface area contributed by atoms with Crippen molar-refractivity contribution in [2.45, 2.75) is 6.42 Å². The van der Waals surface area contributed by atoms with Gasteiger partial charge in [0.25, 0.3) is 0 Å². The third-order valence-electron chi connectivity index (χ3n) is 2.65. The molecule has 0 fully saturated rings. The number of halogens is 3. The van der Waals surface area contributed by atoms with E-state index in [1.807, 2.05) is 0 Å². The second-order valence-electron chi connectivity index (χ2n) is 4.07. The van der Waals surface area contributed by atoms with Gasteiger partial charge in [-0.25, -0.2) is 4.39 Å². The number of nitrogen functional groups attached to an aromatic ring is 1. The van der Waals surface area contributed by atoms with Crippen LogP contribution in [-0.4, -0.2) is 5.78 Å². The molecule has 0 aliphatic carbocycles. The molecule has 0 amide bonds. The zero-order valence-electron chi connectivity index (χ0n) is 9.79. The Labute approximate surface area is 127 Å². The van der Waals surface area contributed by atoms with Gasteiger partial charge in [0.1, 0.15) is 5.82 Å². The molecule has 0 aromatic heterocycles. The van der Waals surface area contributed by atoms with Crippen LogP contribution in [0, 0.1) is 5.82 Å². The maximum atomic E-state index is 13.6. The number of hydrogen-bond donors (Lipinski definition) is 1. The SMILES string of the molecule is Nc1ccc(Br)c(C(=O)Cc2cc(Br)ccc2F)c1. The molecule has 2 aromatic carbocycles. The van der Waals surface area contributed by atoms with Crippen LogP contribution in [0.25, 0.3) is 0 Å². The molecule has 2 aromatic rings. The number of ketones is 1. The van der Waals surface area contributed by atoms with Gasteiger partial charge in [0, 0.05) is 26.6 Å². The third-order valence-corrected chi connectivity index (χ3v) is 3.83. The Kier molecular flexibility index (Phi) is 4.37. The molecule has 19 heavy (non-hydrogen) atoms. The van der Waals surface area contributed by atoms with E-state index in [1.54, 1.807) is 30.3 Å². The van der Waals surface area contributed by atoms with E-state index < -0.39 is 5.82 Å². The van der Waals surface area contributed by atoms with Gasteiger partial charge in [-0.2, -0.15) is 0 Å². The van der Waals surface area contributed by atoms with Crippen LogP contribution in [0.3, 0.4) is 0 Å². The van der Waals surface area contributed by atoms with E-state index in [0.29, 0.717) is 21.3 Å². The predicted molar refractivity (Wildman–Crippen MR) is 80.7 cm³/mol. The molecule has 0 saturated carbocycles. The summed E-state index contributed by atoms with van der Waals surface area (Å²) >= 11 is 6.56. The van der Waals surface area contributed by atoms with E-state index in [9.17, 15) is 9.18 Å². The molecular formula is C14H10Br2FNO. The van der Waals surface area contributed by atoms with Crippen molar-refractivity contribution in [2.75, 3.05) is 5.73 Å². The number of Topliss-reactive ketones (excluding diaryl/α,β-unsaturated/α-hetero) is 1. The first-order valence-electron chi connectivity index (χ1n) is 5.49. The standard InChI is InChI=1S/C14H10Br2FNO/c15-9-1-4-13(17)8(5-9)6-14(19)11-7-10(18)2-3-12(11)16/h1-5,7H,6,18H2. The molecule has 0 heterocycles. The van der Waals surface area contributed by atoms with E-state index in [-0.39, 0.29) is 12.2 Å². The molecule has 98 valence electrons. The molecule has 0 saturated heterocycles. The molecule has 0 spiro atoms. The van der Waals surface area contributed by atoms with E-state index in [1.165, 1.54) is 6.07 Å². The Morgan fingerprint density at radius 3 is 2.63 bits per heavy atom. The minimum Gasteiger partial charge on any atom is -0.399 e. The van der Waals surface area contributed by atoms with Gasteiger partial charge in [0.15, 0.2) is 5.78 Å². The molecule has 0 radical (unpaired) electrons.